The van der Waals surface area contributed by atoms with Crippen molar-refractivity contribution in [3.05, 3.63) is 68.2 Å². The summed E-state index contributed by atoms with van der Waals surface area (Å²) in [5, 5.41) is 11.1. The molecule has 0 aromatic heterocycles. The van der Waals surface area contributed by atoms with Crippen LogP contribution in [0.25, 0.3) is 0 Å². The van der Waals surface area contributed by atoms with Gasteiger partial charge in [0, 0.05) is 24.6 Å². The molecule has 2 aromatic rings. The van der Waals surface area contributed by atoms with Crippen molar-refractivity contribution in [2.75, 3.05) is 14.1 Å². The number of nitro groups is 1. The molecule has 8 nitrogen and oxygen atoms in total. The van der Waals surface area contributed by atoms with Crippen LogP contribution in [0, 0.1) is 10.1 Å². The second-order valence-corrected chi connectivity index (χ2v) is 8.77. The van der Waals surface area contributed by atoms with Gasteiger partial charge in [-0.1, -0.05) is 12.1 Å². The third-order valence-electron chi connectivity index (χ3n) is 3.78. The third kappa shape index (κ3) is 4.52. The normalized spacial score (nSPS) is 12.6. The van der Waals surface area contributed by atoms with Crippen LogP contribution in [0.2, 0.25) is 0 Å². The average molecular weight is 457 g/mol. The predicted octanol–water partition coefficient (Wildman–Crippen LogP) is 3.53. The van der Waals surface area contributed by atoms with Crippen LogP contribution >= 0.6 is 15.9 Å². The first-order chi connectivity index (χ1) is 12.6. The molecule has 0 fully saturated rings. The molecule has 0 aliphatic heterocycles. The SMILES string of the molecule is CC(OC(=O)c1ccc(Br)c(S(=O)(=O)N(C)C)c1)c1ccccc1[N+](=O)[O-]. The van der Waals surface area contributed by atoms with Crippen molar-refractivity contribution >= 4 is 37.6 Å². The lowest BCUT2D eigenvalue weighted by Gasteiger charge is -2.16. The number of esters is 1. The maximum absolute atomic E-state index is 12.5. The van der Waals surface area contributed by atoms with Gasteiger partial charge in [-0.3, -0.25) is 10.1 Å². The Morgan fingerprint density at radius 3 is 2.44 bits per heavy atom. The van der Waals surface area contributed by atoms with Gasteiger partial charge in [0.15, 0.2) is 0 Å². The van der Waals surface area contributed by atoms with E-state index in [4.69, 9.17) is 4.74 Å². The predicted molar refractivity (Wildman–Crippen MR) is 102 cm³/mol. The number of para-hydroxylation sites is 1. The van der Waals surface area contributed by atoms with Gasteiger partial charge in [-0.05, 0) is 47.1 Å². The zero-order chi connectivity index (χ0) is 20.4. The molecule has 1 unspecified atom stereocenters. The number of nitro benzene ring substituents is 1. The fourth-order valence-corrected chi connectivity index (χ4v) is 4.16. The van der Waals surface area contributed by atoms with Crippen LogP contribution in [0.4, 0.5) is 5.69 Å². The summed E-state index contributed by atoms with van der Waals surface area (Å²) in [5.74, 6) is -0.789. The zero-order valence-corrected chi connectivity index (χ0v) is 17.2. The Bertz CT molecular complexity index is 991. The molecule has 144 valence electrons. The Morgan fingerprint density at radius 1 is 1.22 bits per heavy atom. The second kappa shape index (κ2) is 8.15. The summed E-state index contributed by atoms with van der Waals surface area (Å²) < 4.78 is 31.4. The lowest BCUT2D eigenvalue weighted by atomic mass is 10.1. The number of benzene rings is 2. The molecule has 10 heteroatoms. The molecule has 2 aromatic carbocycles. The first-order valence-corrected chi connectivity index (χ1v) is 9.95. The van der Waals surface area contributed by atoms with Crippen molar-refractivity contribution in [3.63, 3.8) is 0 Å². The van der Waals surface area contributed by atoms with E-state index in [-0.39, 0.29) is 21.7 Å². The van der Waals surface area contributed by atoms with E-state index in [0.29, 0.717) is 4.47 Å². The number of rotatable bonds is 6. The second-order valence-electron chi connectivity index (χ2n) is 5.80. The number of hydrogen-bond acceptors (Lipinski definition) is 6. The largest absolute Gasteiger partial charge is 0.454 e. The molecular formula is C17H17BrN2O6S. The van der Waals surface area contributed by atoms with Crippen LogP contribution < -0.4 is 0 Å². The standard InChI is InChI=1S/C17H17BrN2O6S/c1-11(13-6-4-5-7-15(13)20(22)23)26-17(21)12-8-9-14(18)16(10-12)27(24,25)19(2)3/h4-11H,1-3H3. The minimum atomic E-state index is -3.77. The fourth-order valence-electron chi connectivity index (χ4n) is 2.31. The highest BCUT2D eigenvalue weighted by molar-refractivity contribution is 9.10. The molecule has 0 spiro atoms. The third-order valence-corrected chi connectivity index (χ3v) is 6.59. The summed E-state index contributed by atoms with van der Waals surface area (Å²) in [4.78, 5) is 22.9. The van der Waals surface area contributed by atoms with Crippen LogP contribution in [0.1, 0.15) is 28.9 Å². The van der Waals surface area contributed by atoms with E-state index in [0.717, 1.165) is 4.31 Å². The number of carbonyl (C=O) groups is 1. The number of hydrogen-bond donors (Lipinski definition) is 0. The lowest BCUT2D eigenvalue weighted by Crippen LogP contribution is -2.23. The van der Waals surface area contributed by atoms with Gasteiger partial charge in [0.2, 0.25) is 10.0 Å². The summed E-state index contributed by atoms with van der Waals surface area (Å²) in [6.45, 7) is 1.51. The molecule has 27 heavy (non-hydrogen) atoms. The number of carbonyl (C=O) groups excluding carboxylic acids is 1. The van der Waals surface area contributed by atoms with Gasteiger partial charge < -0.3 is 4.74 Å². The molecule has 0 aliphatic rings. The van der Waals surface area contributed by atoms with E-state index >= 15 is 0 Å². The van der Waals surface area contributed by atoms with Crippen molar-refractivity contribution in [2.24, 2.45) is 0 Å². The Hall–Kier alpha value is -2.30. The van der Waals surface area contributed by atoms with Crippen molar-refractivity contribution in [1.29, 1.82) is 0 Å². The van der Waals surface area contributed by atoms with E-state index in [1.54, 1.807) is 6.07 Å². The number of halogens is 1. The molecule has 0 saturated heterocycles. The number of sulfonamides is 1. The minimum absolute atomic E-state index is 0.0176. The van der Waals surface area contributed by atoms with Crippen LogP contribution in [0.3, 0.4) is 0 Å². The van der Waals surface area contributed by atoms with E-state index in [1.165, 1.54) is 57.4 Å². The highest BCUT2D eigenvalue weighted by Gasteiger charge is 2.25. The summed E-state index contributed by atoms with van der Waals surface area (Å²) in [5.41, 5.74) is 0.0997. The van der Waals surface area contributed by atoms with Crippen molar-refractivity contribution in [1.82, 2.24) is 4.31 Å². The average Bonchev–Trinajstić information content (AvgIpc) is 2.61. The molecule has 0 saturated carbocycles. The Labute approximate surface area is 165 Å². The first-order valence-electron chi connectivity index (χ1n) is 7.72. The van der Waals surface area contributed by atoms with Gasteiger partial charge in [0.25, 0.3) is 5.69 Å². The van der Waals surface area contributed by atoms with Gasteiger partial charge in [-0.2, -0.15) is 0 Å². The van der Waals surface area contributed by atoms with Gasteiger partial charge in [-0.25, -0.2) is 17.5 Å². The molecule has 0 radical (unpaired) electrons. The van der Waals surface area contributed by atoms with Gasteiger partial charge >= 0.3 is 5.97 Å². The first kappa shape index (κ1) is 21.0. The molecule has 0 bridgehead atoms. The van der Waals surface area contributed by atoms with Crippen molar-refractivity contribution in [3.8, 4) is 0 Å². The summed E-state index contributed by atoms with van der Waals surface area (Å²) >= 11 is 3.16. The van der Waals surface area contributed by atoms with Gasteiger partial charge in [-0.15, -0.1) is 0 Å². The van der Waals surface area contributed by atoms with E-state index < -0.39 is 27.0 Å². The molecular weight excluding hydrogens is 440 g/mol. The maximum atomic E-state index is 12.5. The Kier molecular flexibility index (Phi) is 6.34. The van der Waals surface area contributed by atoms with Crippen LogP contribution in [0.15, 0.2) is 51.8 Å². The summed E-state index contributed by atoms with van der Waals surface area (Å²) in [6, 6.07) is 9.99. The Balaban J connectivity index is 2.33. The van der Waals surface area contributed by atoms with Gasteiger partial charge in [0.1, 0.15) is 6.10 Å². The minimum Gasteiger partial charge on any atom is -0.454 e. The summed E-state index contributed by atoms with van der Waals surface area (Å²) in [7, 11) is -1.02. The topological polar surface area (TPSA) is 107 Å². The highest BCUT2D eigenvalue weighted by Crippen LogP contribution is 2.29. The van der Waals surface area contributed by atoms with E-state index in [2.05, 4.69) is 15.9 Å². The highest BCUT2D eigenvalue weighted by atomic mass is 79.9. The Morgan fingerprint density at radius 2 is 1.85 bits per heavy atom. The molecule has 0 amide bonds. The number of ether oxygens (including phenoxy) is 1. The molecule has 0 aliphatic carbocycles. The summed E-state index contributed by atoms with van der Waals surface area (Å²) in [6.07, 6.45) is -0.892. The monoisotopic (exact) mass is 456 g/mol. The van der Waals surface area contributed by atoms with Crippen molar-refractivity contribution in [2.45, 2.75) is 17.9 Å². The molecule has 2 rings (SSSR count). The zero-order valence-electron chi connectivity index (χ0n) is 14.7. The smallest absolute Gasteiger partial charge is 0.338 e. The quantitative estimate of drug-likeness (QED) is 0.373. The van der Waals surface area contributed by atoms with E-state index in [1.807, 2.05) is 0 Å². The van der Waals surface area contributed by atoms with Crippen LogP contribution in [-0.2, 0) is 14.8 Å². The van der Waals surface area contributed by atoms with E-state index in [9.17, 15) is 23.3 Å². The molecule has 0 N–H and O–H groups in total. The number of nitrogens with zero attached hydrogens (tertiary/aromatic N) is 2. The van der Waals surface area contributed by atoms with Crippen molar-refractivity contribution < 1.29 is 22.9 Å². The fraction of sp³-hybridized carbons (Fsp3) is 0.235. The molecule has 1 atom stereocenters. The molecule has 0 heterocycles. The van der Waals surface area contributed by atoms with Crippen LogP contribution in [-0.4, -0.2) is 37.7 Å². The lowest BCUT2D eigenvalue weighted by molar-refractivity contribution is -0.386. The maximum Gasteiger partial charge on any atom is 0.338 e. The van der Waals surface area contributed by atoms with Crippen LogP contribution in [0.5, 0.6) is 0 Å². The van der Waals surface area contributed by atoms with Gasteiger partial charge in [0.05, 0.1) is 20.9 Å².